The molecule has 1 amide bonds. The van der Waals surface area contributed by atoms with Crippen molar-refractivity contribution < 1.29 is 24.2 Å². The van der Waals surface area contributed by atoms with Gasteiger partial charge in [-0.25, -0.2) is 9.78 Å². The van der Waals surface area contributed by atoms with E-state index in [-0.39, 0.29) is 37.7 Å². The van der Waals surface area contributed by atoms with Crippen LogP contribution >= 0.6 is 0 Å². The average molecular weight is 490 g/mol. The van der Waals surface area contributed by atoms with Gasteiger partial charge in [0.25, 0.3) is 0 Å². The fourth-order valence-electron chi connectivity index (χ4n) is 4.63. The van der Waals surface area contributed by atoms with E-state index in [4.69, 9.17) is 9.84 Å². The summed E-state index contributed by atoms with van der Waals surface area (Å²) in [5, 5.41) is 11.8. The van der Waals surface area contributed by atoms with Gasteiger partial charge in [0.2, 0.25) is 0 Å². The number of aliphatic carboxylic acids is 1. The Morgan fingerprint density at radius 2 is 1.67 bits per heavy atom. The molecule has 1 aliphatic rings. The van der Waals surface area contributed by atoms with E-state index < -0.39 is 23.5 Å². The second-order valence-corrected chi connectivity index (χ2v) is 10.1. The summed E-state index contributed by atoms with van der Waals surface area (Å²) in [6.07, 6.45) is 2.66. The van der Waals surface area contributed by atoms with Crippen molar-refractivity contribution in [3.8, 4) is 11.1 Å². The predicted octanol–water partition coefficient (Wildman–Crippen LogP) is 4.94. The molecule has 1 aliphatic carbocycles. The van der Waals surface area contributed by atoms with E-state index in [1.165, 1.54) is 6.33 Å². The number of carboxylic acid groups (broad SMARTS) is 1. The summed E-state index contributed by atoms with van der Waals surface area (Å²) in [5.74, 6) is -1.06. The van der Waals surface area contributed by atoms with Crippen molar-refractivity contribution in [1.82, 2.24) is 14.9 Å². The summed E-state index contributed by atoms with van der Waals surface area (Å²) in [6, 6.07) is 15.6. The standard InChI is InChI=1S/C28H31N3O5/c1-28(2,3)26(34)24(12-13-25(32)33)31-15-18(30-17-31)14-29-27(35)36-16-23-21-10-6-4-8-19(21)20-9-5-7-11-22(20)23/h4-11,15,17,23-24H,12-14,16H2,1-3H3,(H,29,35)(H,32,33). The highest BCUT2D eigenvalue weighted by molar-refractivity contribution is 5.87. The molecule has 3 aromatic rings. The highest BCUT2D eigenvalue weighted by atomic mass is 16.5. The lowest BCUT2D eigenvalue weighted by Crippen LogP contribution is -2.30. The quantitative estimate of drug-likeness (QED) is 0.440. The lowest BCUT2D eigenvalue weighted by Gasteiger charge is -2.25. The monoisotopic (exact) mass is 489 g/mol. The normalized spacial score (nSPS) is 13.5. The first-order valence-electron chi connectivity index (χ1n) is 12.0. The number of fused-ring (bicyclic) bond motifs is 3. The molecule has 0 saturated heterocycles. The number of rotatable bonds is 9. The fraction of sp³-hybridized carbons (Fsp3) is 0.357. The summed E-state index contributed by atoms with van der Waals surface area (Å²) >= 11 is 0. The zero-order chi connectivity index (χ0) is 25.9. The Morgan fingerprint density at radius 3 is 2.25 bits per heavy atom. The molecule has 0 spiro atoms. The Balaban J connectivity index is 1.36. The summed E-state index contributed by atoms with van der Waals surface area (Å²) in [7, 11) is 0. The maximum atomic E-state index is 12.9. The third-order valence-electron chi connectivity index (χ3n) is 6.45. The number of carboxylic acids is 1. The Labute approximate surface area is 210 Å². The number of hydrogen-bond acceptors (Lipinski definition) is 5. The van der Waals surface area contributed by atoms with Gasteiger partial charge in [-0.05, 0) is 28.7 Å². The highest BCUT2D eigenvalue weighted by Crippen LogP contribution is 2.44. The van der Waals surface area contributed by atoms with Crippen LogP contribution in [0, 0.1) is 5.41 Å². The Morgan fingerprint density at radius 1 is 1.06 bits per heavy atom. The Bertz CT molecular complexity index is 1230. The van der Waals surface area contributed by atoms with Crippen molar-refractivity contribution in [2.75, 3.05) is 6.61 Å². The minimum atomic E-state index is -0.959. The number of nitrogens with one attached hydrogen (secondary N) is 1. The second kappa shape index (κ2) is 10.4. The first-order chi connectivity index (χ1) is 17.1. The number of ether oxygens (including phenoxy) is 1. The number of alkyl carbamates (subject to hydrolysis) is 1. The Hall–Kier alpha value is -3.94. The topological polar surface area (TPSA) is 111 Å². The molecule has 2 N–H and O–H groups in total. The molecule has 4 rings (SSSR count). The summed E-state index contributed by atoms with van der Waals surface area (Å²) < 4.78 is 7.19. The first kappa shape index (κ1) is 25.2. The van der Waals surface area contributed by atoms with Gasteiger partial charge in [0.15, 0.2) is 5.78 Å². The number of aromatic nitrogens is 2. The minimum Gasteiger partial charge on any atom is -0.481 e. The molecule has 1 atom stereocenters. The molecule has 8 nitrogen and oxygen atoms in total. The number of carbonyl (C=O) groups excluding carboxylic acids is 2. The number of amides is 1. The van der Waals surface area contributed by atoms with Gasteiger partial charge < -0.3 is 19.7 Å². The van der Waals surface area contributed by atoms with Gasteiger partial charge in [-0.3, -0.25) is 9.59 Å². The van der Waals surface area contributed by atoms with Crippen LogP contribution in [0.4, 0.5) is 4.79 Å². The van der Waals surface area contributed by atoms with E-state index in [0.29, 0.717) is 5.69 Å². The van der Waals surface area contributed by atoms with Gasteiger partial charge in [0.05, 0.1) is 24.6 Å². The van der Waals surface area contributed by atoms with E-state index in [1.807, 2.05) is 24.3 Å². The van der Waals surface area contributed by atoms with Crippen molar-refractivity contribution in [3.63, 3.8) is 0 Å². The van der Waals surface area contributed by atoms with E-state index in [2.05, 4.69) is 34.6 Å². The van der Waals surface area contributed by atoms with Crippen LogP contribution in [-0.2, 0) is 20.9 Å². The van der Waals surface area contributed by atoms with Crippen molar-refractivity contribution >= 4 is 17.8 Å². The molecular weight excluding hydrogens is 458 g/mol. The van der Waals surface area contributed by atoms with Crippen LogP contribution in [0.15, 0.2) is 61.1 Å². The number of benzene rings is 2. The van der Waals surface area contributed by atoms with Crippen LogP contribution in [-0.4, -0.2) is 39.1 Å². The van der Waals surface area contributed by atoms with Crippen LogP contribution in [0.3, 0.4) is 0 Å². The van der Waals surface area contributed by atoms with Crippen LogP contribution in [0.2, 0.25) is 0 Å². The summed E-state index contributed by atoms with van der Waals surface area (Å²) in [6.45, 7) is 5.75. The average Bonchev–Trinajstić information content (AvgIpc) is 3.43. The van der Waals surface area contributed by atoms with Crippen LogP contribution < -0.4 is 5.32 Å². The van der Waals surface area contributed by atoms with Gasteiger partial charge in [-0.1, -0.05) is 69.3 Å². The zero-order valence-electron chi connectivity index (χ0n) is 20.7. The third-order valence-corrected chi connectivity index (χ3v) is 6.45. The molecule has 1 unspecified atom stereocenters. The number of Topliss-reactive ketones (excluding diaryl/α,β-unsaturated/α-hetero) is 1. The summed E-state index contributed by atoms with van der Waals surface area (Å²) in [5.41, 5.74) is 4.52. The fourth-order valence-corrected chi connectivity index (χ4v) is 4.63. The number of hydrogen-bond donors (Lipinski definition) is 2. The predicted molar refractivity (Wildman–Crippen MR) is 135 cm³/mol. The van der Waals surface area contributed by atoms with Gasteiger partial charge >= 0.3 is 12.1 Å². The lowest BCUT2D eigenvalue weighted by molar-refractivity contribution is -0.137. The molecule has 0 bridgehead atoms. The molecule has 8 heteroatoms. The third kappa shape index (κ3) is 5.48. The van der Waals surface area contributed by atoms with Gasteiger partial charge in [0, 0.05) is 24.0 Å². The van der Waals surface area contributed by atoms with E-state index in [0.717, 1.165) is 22.3 Å². The van der Waals surface area contributed by atoms with Crippen molar-refractivity contribution in [2.45, 2.75) is 52.1 Å². The van der Waals surface area contributed by atoms with Crippen LogP contribution in [0.1, 0.15) is 62.4 Å². The van der Waals surface area contributed by atoms with E-state index in [1.54, 1.807) is 31.5 Å². The van der Waals surface area contributed by atoms with Crippen LogP contribution in [0.25, 0.3) is 11.1 Å². The zero-order valence-corrected chi connectivity index (χ0v) is 20.7. The van der Waals surface area contributed by atoms with Crippen LogP contribution in [0.5, 0.6) is 0 Å². The minimum absolute atomic E-state index is 0.0271. The molecule has 0 saturated carbocycles. The van der Waals surface area contributed by atoms with Gasteiger partial charge in [-0.2, -0.15) is 0 Å². The maximum absolute atomic E-state index is 12.9. The molecular formula is C28H31N3O5. The molecule has 0 fully saturated rings. The number of carbonyl (C=O) groups is 3. The van der Waals surface area contributed by atoms with Crippen molar-refractivity contribution in [1.29, 1.82) is 0 Å². The molecule has 1 heterocycles. The second-order valence-electron chi connectivity index (χ2n) is 10.1. The smallest absolute Gasteiger partial charge is 0.407 e. The Kier molecular flexibility index (Phi) is 7.24. The molecule has 1 aromatic heterocycles. The van der Waals surface area contributed by atoms with Crippen molar-refractivity contribution in [2.24, 2.45) is 5.41 Å². The molecule has 188 valence electrons. The SMILES string of the molecule is CC(C)(C)C(=O)C(CCC(=O)O)n1cnc(CNC(=O)OCC2c3ccccc3-c3ccccc32)c1. The summed E-state index contributed by atoms with van der Waals surface area (Å²) in [4.78, 5) is 40.8. The largest absolute Gasteiger partial charge is 0.481 e. The first-order valence-corrected chi connectivity index (χ1v) is 12.0. The van der Waals surface area contributed by atoms with Gasteiger partial charge in [0.1, 0.15) is 6.61 Å². The number of imidazole rings is 1. The lowest BCUT2D eigenvalue weighted by atomic mass is 9.85. The highest BCUT2D eigenvalue weighted by Gasteiger charge is 2.31. The van der Waals surface area contributed by atoms with Crippen molar-refractivity contribution in [3.05, 3.63) is 77.9 Å². The molecule has 36 heavy (non-hydrogen) atoms. The van der Waals surface area contributed by atoms with Gasteiger partial charge in [-0.15, -0.1) is 0 Å². The molecule has 0 aliphatic heterocycles. The molecule has 2 aromatic carbocycles. The van der Waals surface area contributed by atoms with E-state index >= 15 is 0 Å². The maximum Gasteiger partial charge on any atom is 0.407 e. The number of nitrogens with zero attached hydrogens (tertiary/aromatic N) is 2. The molecule has 0 radical (unpaired) electrons. The van der Waals surface area contributed by atoms with E-state index in [9.17, 15) is 14.4 Å². The number of ketones is 1.